The topological polar surface area (TPSA) is 0 Å². The van der Waals surface area contributed by atoms with Crippen molar-refractivity contribution < 1.29 is 17.9 Å². The van der Waals surface area contributed by atoms with E-state index in [0.29, 0.717) is 0 Å². The van der Waals surface area contributed by atoms with Crippen LogP contribution in [0.5, 0.6) is 0 Å². The van der Waals surface area contributed by atoms with Crippen molar-refractivity contribution in [3.63, 3.8) is 0 Å². The quantitative estimate of drug-likeness (QED) is 0.193. The van der Waals surface area contributed by atoms with Gasteiger partial charge < -0.3 is 0 Å². The summed E-state index contributed by atoms with van der Waals surface area (Å²) in [5.41, 5.74) is 12.3. The zero-order valence-corrected chi connectivity index (χ0v) is 26.4. The SMILES string of the molecule is CCc1ccccc1-c1c(CC)ccc2c1C=C(C)[CH]2[Zr]([Cl])([Cl])[c]1cccc2c1[SiH2]c1ccccc1-2. The number of rotatable bonds is 5. The van der Waals surface area contributed by atoms with Gasteiger partial charge in [-0.1, -0.05) is 0 Å². The summed E-state index contributed by atoms with van der Waals surface area (Å²) in [5, 5.41) is 3.00. The Balaban J connectivity index is 1.52. The van der Waals surface area contributed by atoms with Gasteiger partial charge in [-0.3, -0.25) is 0 Å². The third kappa shape index (κ3) is 3.80. The average Bonchev–Trinajstić information content (AvgIpc) is 3.45. The van der Waals surface area contributed by atoms with Gasteiger partial charge in [0.25, 0.3) is 0 Å². The zero-order valence-electron chi connectivity index (χ0n) is 21.0. The number of aryl methyl sites for hydroxylation is 2. The summed E-state index contributed by atoms with van der Waals surface area (Å²) in [6, 6.07) is 29.1. The van der Waals surface area contributed by atoms with Crippen LogP contribution in [0.3, 0.4) is 0 Å². The molecule has 4 aromatic rings. The maximum absolute atomic E-state index is 7.70. The zero-order chi connectivity index (χ0) is 25.0. The van der Waals surface area contributed by atoms with Gasteiger partial charge in [-0.15, -0.1) is 0 Å². The van der Waals surface area contributed by atoms with E-state index in [1.165, 1.54) is 63.7 Å². The Morgan fingerprint density at radius 1 is 0.750 bits per heavy atom. The van der Waals surface area contributed by atoms with Crippen molar-refractivity contribution in [3.05, 3.63) is 107 Å². The standard InChI is InChI=1S/C20H21.C12H9Si.2ClH.Zr/c1-4-15-8-6-7-9-18(15)20-16(5-2)10-11-17-12-14(3)13-19(17)20;1-3-7-11-9(5-1)10-6-2-4-8-12(10)13-11;;;/h6-13H,4-5H2,1-3H3;1-7H,13H2;2*1H;/q;;;;+2/p-2. The van der Waals surface area contributed by atoms with Gasteiger partial charge in [-0.25, -0.2) is 0 Å². The molecule has 1 aliphatic carbocycles. The summed E-state index contributed by atoms with van der Waals surface area (Å²) in [6.07, 6.45) is 4.42. The van der Waals surface area contributed by atoms with Crippen LogP contribution in [0.2, 0.25) is 0 Å². The Morgan fingerprint density at radius 2 is 1.44 bits per heavy atom. The second-order valence-electron chi connectivity index (χ2n) is 10.1. The minimum absolute atomic E-state index is 0.125. The van der Waals surface area contributed by atoms with Crippen molar-refractivity contribution in [1.82, 2.24) is 0 Å². The van der Waals surface area contributed by atoms with Crippen LogP contribution in [-0.4, -0.2) is 9.52 Å². The summed E-state index contributed by atoms with van der Waals surface area (Å²) in [7, 11) is 14.8. The molecule has 6 rings (SSSR count). The molecular formula is C32H30Cl2SiZr. The average molecular weight is 605 g/mol. The van der Waals surface area contributed by atoms with E-state index in [4.69, 9.17) is 17.0 Å². The number of fused-ring (bicyclic) bond motifs is 4. The molecule has 0 saturated heterocycles. The van der Waals surface area contributed by atoms with Crippen LogP contribution in [0.1, 0.15) is 46.7 Å². The second-order valence-corrected chi connectivity index (χ2v) is 25.9. The Bertz CT molecular complexity index is 1540. The summed E-state index contributed by atoms with van der Waals surface area (Å²) in [6.45, 7) is 6.75. The van der Waals surface area contributed by atoms with Crippen LogP contribution in [0.15, 0.2) is 84.4 Å². The molecule has 4 aromatic carbocycles. The second kappa shape index (κ2) is 9.55. The Hall–Kier alpha value is -1.70. The Labute approximate surface area is 228 Å². The van der Waals surface area contributed by atoms with E-state index in [0.717, 1.165) is 12.8 Å². The molecule has 4 heteroatoms. The van der Waals surface area contributed by atoms with Gasteiger partial charge in [0, 0.05) is 0 Å². The van der Waals surface area contributed by atoms with E-state index in [2.05, 4.69) is 106 Å². The van der Waals surface area contributed by atoms with Crippen molar-refractivity contribution in [2.75, 3.05) is 0 Å². The normalized spacial score (nSPS) is 16.6. The Morgan fingerprint density at radius 3 is 2.22 bits per heavy atom. The van der Waals surface area contributed by atoms with E-state index < -0.39 is 27.4 Å². The molecule has 2 aliphatic rings. The summed E-state index contributed by atoms with van der Waals surface area (Å²) in [5.74, 6) is 0. The number of hydrogen-bond donors (Lipinski definition) is 0. The third-order valence-electron chi connectivity index (χ3n) is 8.12. The van der Waals surface area contributed by atoms with Crippen LogP contribution in [0.4, 0.5) is 0 Å². The van der Waals surface area contributed by atoms with Gasteiger partial charge in [-0.2, -0.15) is 0 Å². The fourth-order valence-electron chi connectivity index (χ4n) is 6.44. The number of halogens is 2. The molecule has 0 nitrogen and oxygen atoms in total. The first-order valence-electron chi connectivity index (χ1n) is 13.0. The van der Waals surface area contributed by atoms with E-state index in [1.54, 1.807) is 0 Å². The number of allylic oxidation sites excluding steroid dienone is 1. The predicted octanol–water partition coefficient (Wildman–Crippen LogP) is 6.82. The first kappa shape index (κ1) is 24.6. The molecular weight excluding hydrogens is 575 g/mol. The first-order chi connectivity index (χ1) is 17.5. The van der Waals surface area contributed by atoms with Crippen LogP contribution in [0.25, 0.3) is 28.3 Å². The molecule has 1 atom stereocenters. The molecule has 0 fully saturated rings. The summed E-state index contributed by atoms with van der Waals surface area (Å²) in [4.78, 5) is 0. The molecule has 0 radical (unpaired) electrons. The van der Waals surface area contributed by atoms with Crippen LogP contribution >= 0.6 is 17.0 Å². The predicted molar refractivity (Wildman–Crippen MR) is 158 cm³/mol. The van der Waals surface area contributed by atoms with Crippen molar-refractivity contribution in [3.8, 4) is 22.3 Å². The summed E-state index contributed by atoms with van der Waals surface area (Å²) >= 11 is -3.88. The molecule has 36 heavy (non-hydrogen) atoms. The number of benzene rings is 4. The fraction of sp³-hybridized carbons (Fsp3) is 0.188. The molecule has 1 unspecified atom stereocenters. The van der Waals surface area contributed by atoms with Gasteiger partial charge in [0.05, 0.1) is 0 Å². The molecule has 0 amide bonds. The van der Waals surface area contributed by atoms with Gasteiger partial charge in [-0.05, 0) is 0 Å². The molecule has 0 N–H and O–H groups in total. The third-order valence-corrected chi connectivity index (χ3v) is 22.7. The van der Waals surface area contributed by atoms with Crippen LogP contribution in [0, 0.1) is 0 Å². The van der Waals surface area contributed by atoms with Crippen molar-refractivity contribution >= 4 is 46.3 Å². The monoisotopic (exact) mass is 602 g/mol. The summed E-state index contributed by atoms with van der Waals surface area (Å²) < 4.78 is 1.42. The van der Waals surface area contributed by atoms with Gasteiger partial charge >= 0.3 is 230 Å². The van der Waals surface area contributed by atoms with E-state index in [9.17, 15) is 0 Å². The van der Waals surface area contributed by atoms with E-state index in [1.807, 2.05) is 0 Å². The molecule has 1 aliphatic heterocycles. The van der Waals surface area contributed by atoms with Crippen LogP contribution in [-0.2, 0) is 30.7 Å². The molecule has 0 spiro atoms. The molecule has 0 bridgehead atoms. The molecule has 0 aromatic heterocycles. The molecule has 1 heterocycles. The number of hydrogen-bond acceptors (Lipinski definition) is 0. The van der Waals surface area contributed by atoms with Gasteiger partial charge in [0.1, 0.15) is 0 Å². The first-order valence-corrected chi connectivity index (χ1v) is 23.4. The van der Waals surface area contributed by atoms with E-state index in [-0.39, 0.29) is 3.63 Å². The van der Waals surface area contributed by atoms with Gasteiger partial charge in [0.15, 0.2) is 0 Å². The molecule has 180 valence electrons. The minimum atomic E-state index is -3.88. The van der Waals surface area contributed by atoms with Crippen LogP contribution < -0.4 is 13.6 Å². The van der Waals surface area contributed by atoms with Crippen molar-refractivity contribution in [2.24, 2.45) is 0 Å². The van der Waals surface area contributed by atoms with E-state index >= 15 is 0 Å². The fourth-order valence-corrected chi connectivity index (χ4v) is 23.6. The van der Waals surface area contributed by atoms with Crippen molar-refractivity contribution in [1.29, 1.82) is 0 Å². The van der Waals surface area contributed by atoms with Gasteiger partial charge in [0.2, 0.25) is 0 Å². The van der Waals surface area contributed by atoms with Crippen molar-refractivity contribution in [2.45, 2.75) is 37.2 Å². The molecule has 0 saturated carbocycles. The maximum atomic E-state index is 7.70. The Kier molecular flexibility index (Phi) is 6.54.